The fraction of sp³-hybridized carbons (Fsp3) is 0.444. The molecule has 12 heteroatoms. The van der Waals surface area contributed by atoms with Crippen molar-refractivity contribution < 1.29 is 35.4 Å². The van der Waals surface area contributed by atoms with Crippen LogP contribution in [0.4, 0.5) is 13.2 Å². The van der Waals surface area contributed by atoms with E-state index in [4.69, 9.17) is 4.99 Å². The predicted molar refractivity (Wildman–Crippen MR) is 135 cm³/mol. The Bertz CT molecular complexity index is 1450. The Kier molecular flexibility index (Phi) is 6.01. The molecule has 2 aliphatic carbocycles. The molecule has 2 aromatic carbocycles. The van der Waals surface area contributed by atoms with E-state index in [9.17, 15) is 31.2 Å². The number of aliphatic imine (C=N–C) groups is 1. The molecule has 0 bridgehead atoms. The summed E-state index contributed by atoms with van der Waals surface area (Å²) in [4.78, 5) is 34.3. The number of amides is 2. The number of nitrogens with zero attached hydrogens (tertiary/aromatic N) is 3. The second kappa shape index (κ2) is 9.07. The summed E-state index contributed by atoms with van der Waals surface area (Å²) in [7, 11) is -5.74. The molecule has 2 saturated carbocycles. The highest BCUT2D eigenvalue weighted by Crippen LogP contribution is 2.46. The highest BCUT2D eigenvalue weighted by molar-refractivity contribution is 7.88. The second-order valence-corrected chi connectivity index (χ2v) is 12.2. The van der Waals surface area contributed by atoms with Gasteiger partial charge in [-0.25, -0.2) is 0 Å². The summed E-state index contributed by atoms with van der Waals surface area (Å²) in [5, 5.41) is 0. The summed E-state index contributed by atoms with van der Waals surface area (Å²) in [6.45, 7) is 1.89. The van der Waals surface area contributed by atoms with E-state index < -0.39 is 26.9 Å². The number of benzene rings is 2. The number of carbonyl (C=O) groups is 2. The number of alkyl halides is 3. The van der Waals surface area contributed by atoms with Crippen molar-refractivity contribution in [1.29, 1.82) is 0 Å². The van der Waals surface area contributed by atoms with Crippen molar-refractivity contribution in [3.05, 3.63) is 54.1 Å². The molecule has 1 spiro atoms. The molecule has 0 N–H and O–H groups in total. The first kappa shape index (κ1) is 25.8. The molecule has 2 aliphatic heterocycles. The molecule has 206 valence electrons. The zero-order valence-corrected chi connectivity index (χ0v) is 21.7. The molecular weight excluding hydrogens is 535 g/mol. The van der Waals surface area contributed by atoms with E-state index in [1.807, 2.05) is 29.2 Å². The monoisotopic (exact) mass is 561 g/mol. The molecule has 2 heterocycles. The second-order valence-electron chi connectivity index (χ2n) is 10.7. The molecule has 39 heavy (non-hydrogen) atoms. The van der Waals surface area contributed by atoms with Gasteiger partial charge >= 0.3 is 15.6 Å². The molecule has 2 aromatic rings. The summed E-state index contributed by atoms with van der Waals surface area (Å²) in [5.41, 5.74) is -4.01. The predicted octanol–water partition coefficient (Wildman–Crippen LogP) is 3.96. The molecule has 0 radical (unpaired) electrons. The normalized spacial score (nSPS) is 22.4. The van der Waals surface area contributed by atoms with Crippen LogP contribution in [0.1, 0.15) is 37.7 Å². The van der Waals surface area contributed by atoms with Gasteiger partial charge in [0.1, 0.15) is 17.1 Å². The summed E-state index contributed by atoms with van der Waals surface area (Å²) in [5.74, 6) is 0.794. The van der Waals surface area contributed by atoms with Gasteiger partial charge in [-0.3, -0.25) is 19.5 Å². The number of amidine groups is 1. The van der Waals surface area contributed by atoms with Crippen molar-refractivity contribution >= 4 is 27.8 Å². The number of hydrogen-bond donors (Lipinski definition) is 0. The number of likely N-dealkylation sites (tertiary alicyclic amines) is 1. The SMILES string of the molecule is O=C(C1CC1)N1CCC(CN2C(=O)C3(CC3)N=C2c2ccc(-c3ccc(OS(=O)(=O)C(F)(F)F)cc3)cc2)C1. The van der Waals surface area contributed by atoms with E-state index in [0.29, 0.717) is 24.5 Å². The fourth-order valence-electron chi connectivity index (χ4n) is 5.21. The van der Waals surface area contributed by atoms with Crippen LogP contribution in [0.2, 0.25) is 0 Å². The molecule has 3 fully saturated rings. The zero-order valence-electron chi connectivity index (χ0n) is 20.9. The Morgan fingerprint density at radius 1 is 0.974 bits per heavy atom. The van der Waals surface area contributed by atoms with Crippen LogP contribution in [-0.2, 0) is 19.7 Å². The Morgan fingerprint density at radius 2 is 1.56 bits per heavy atom. The summed E-state index contributed by atoms with van der Waals surface area (Å²) >= 11 is 0. The standard InChI is InChI=1S/C27H26F3N3O5S/c28-27(29,30)39(36,37)38-22-9-7-19(8-10-22)18-1-3-20(4-2-18)23-31-26(12-13-26)25(35)33(23)16-17-11-14-32(15-17)24(34)21-5-6-21/h1-4,7-10,17,21H,5-6,11-16H2. The van der Waals surface area contributed by atoms with Crippen LogP contribution in [0.25, 0.3) is 11.1 Å². The van der Waals surface area contributed by atoms with Crippen molar-refractivity contribution in [2.24, 2.45) is 16.8 Å². The molecule has 1 saturated heterocycles. The lowest BCUT2D eigenvalue weighted by Crippen LogP contribution is -2.40. The molecule has 2 amide bonds. The van der Waals surface area contributed by atoms with Crippen molar-refractivity contribution in [3.63, 3.8) is 0 Å². The Morgan fingerprint density at radius 3 is 2.13 bits per heavy atom. The largest absolute Gasteiger partial charge is 0.534 e. The fourth-order valence-corrected chi connectivity index (χ4v) is 5.67. The maximum Gasteiger partial charge on any atom is 0.534 e. The van der Waals surface area contributed by atoms with Gasteiger partial charge in [0.05, 0.1) is 0 Å². The van der Waals surface area contributed by atoms with Crippen LogP contribution < -0.4 is 4.18 Å². The smallest absolute Gasteiger partial charge is 0.376 e. The molecule has 0 aromatic heterocycles. The molecule has 1 unspecified atom stereocenters. The van der Waals surface area contributed by atoms with Gasteiger partial charge in [-0.2, -0.15) is 21.6 Å². The minimum atomic E-state index is -5.74. The van der Waals surface area contributed by atoms with Gasteiger partial charge in [0.2, 0.25) is 5.91 Å². The highest BCUT2D eigenvalue weighted by Gasteiger charge is 2.57. The first-order valence-corrected chi connectivity index (χ1v) is 14.3. The third-order valence-corrected chi connectivity index (χ3v) is 8.71. The first-order chi connectivity index (χ1) is 18.5. The van der Waals surface area contributed by atoms with Crippen LogP contribution >= 0.6 is 0 Å². The topological polar surface area (TPSA) is 96.3 Å². The van der Waals surface area contributed by atoms with E-state index in [1.54, 1.807) is 4.90 Å². The Balaban J connectivity index is 1.16. The lowest BCUT2D eigenvalue weighted by atomic mass is 10.0. The summed E-state index contributed by atoms with van der Waals surface area (Å²) in [6.07, 6.45) is 4.24. The average Bonchev–Trinajstić information content (AvgIpc) is 3.82. The van der Waals surface area contributed by atoms with E-state index >= 15 is 0 Å². The quantitative estimate of drug-likeness (QED) is 0.377. The van der Waals surface area contributed by atoms with Crippen LogP contribution in [0.15, 0.2) is 53.5 Å². The van der Waals surface area contributed by atoms with Gasteiger partial charge in [0, 0.05) is 31.1 Å². The Labute approximate surface area is 223 Å². The number of rotatable bonds is 7. The van der Waals surface area contributed by atoms with Gasteiger partial charge in [-0.05, 0) is 61.3 Å². The average molecular weight is 562 g/mol. The molecule has 1 atom stereocenters. The van der Waals surface area contributed by atoms with Crippen molar-refractivity contribution in [2.45, 2.75) is 43.2 Å². The van der Waals surface area contributed by atoms with Crippen LogP contribution in [0.3, 0.4) is 0 Å². The van der Waals surface area contributed by atoms with Gasteiger partial charge in [0.15, 0.2) is 0 Å². The molecular formula is C27H26F3N3O5S. The van der Waals surface area contributed by atoms with Crippen molar-refractivity contribution in [1.82, 2.24) is 9.80 Å². The number of halogens is 3. The zero-order chi connectivity index (χ0) is 27.6. The molecule has 6 rings (SSSR count). The van der Waals surface area contributed by atoms with Gasteiger partial charge in [-0.1, -0.05) is 36.4 Å². The van der Waals surface area contributed by atoms with Crippen LogP contribution in [-0.4, -0.2) is 66.5 Å². The van der Waals surface area contributed by atoms with Gasteiger partial charge < -0.3 is 9.08 Å². The van der Waals surface area contributed by atoms with E-state index in [2.05, 4.69) is 4.18 Å². The van der Waals surface area contributed by atoms with Crippen molar-refractivity contribution in [3.8, 4) is 16.9 Å². The van der Waals surface area contributed by atoms with Gasteiger partial charge in [-0.15, -0.1) is 0 Å². The van der Waals surface area contributed by atoms with E-state index in [1.165, 1.54) is 12.1 Å². The van der Waals surface area contributed by atoms with Gasteiger partial charge in [0.25, 0.3) is 5.91 Å². The lowest BCUT2D eigenvalue weighted by molar-refractivity contribution is -0.131. The van der Waals surface area contributed by atoms with Crippen LogP contribution in [0.5, 0.6) is 5.75 Å². The Hall–Kier alpha value is -3.41. The third-order valence-electron chi connectivity index (χ3n) is 7.73. The molecule has 4 aliphatic rings. The lowest BCUT2D eigenvalue weighted by Gasteiger charge is -2.23. The molecule has 8 nitrogen and oxygen atoms in total. The summed E-state index contributed by atoms with van der Waals surface area (Å²) in [6, 6.07) is 12.5. The minimum absolute atomic E-state index is 0.0120. The van der Waals surface area contributed by atoms with Crippen molar-refractivity contribution in [2.75, 3.05) is 19.6 Å². The van der Waals surface area contributed by atoms with E-state index in [0.717, 1.165) is 61.9 Å². The first-order valence-electron chi connectivity index (χ1n) is 12.9. The summed E-state index contributed by atoms with van der Waals surface area (Å²) < 4.78 is 64.3. The maximum atomic E-state index is 13.3. The van der Waals surface area contributed by atoms with Crippen LogP contribution in [0, 0.1) is 11.8 Å². The number of carbonyl (C=O) groups excluding carboxylic acids is 2. The third kappa shape index (κ3) is 4.90. The highest BCUT2D eigenvalue weighted by atomic mass is 32.2. The minimum Gasteiger partial charge on any atom is -0.376 e. The van der Waals surface area contributed by atoms with E-state index in [-0.39, 0.29) is 23.7 Å². The number of hydrogen-bond acceptors (Lipinski definition) is 6. The maximum absolute atomic E-state index is 13.3.